The molecule has 2 aromatic carbocycles. The second kappa shape index (κ2) is 9.82. The molecule has 0 aliphatic carbocycles. The van der Waals surface area contributed by atoms with E-state index >= 15 is 0 Å². The number of benzene rings is 2. The Morgan fingerprint density at radius 1 is 1.09 bits per heavy atom. The van der Waals surface area contributed by atoms with E-state index in [0.29, 0.717) is 24.1 Å². The number of amides is 1. The number of hydrogen-bond donors (Lipinski definition) is 1. The molecule has 32 heavy (non-hydrogen) atoms. The predicted molar refractivity (Wildman–Crippen MR) is 129 cm³/mol. The monoisotopic (exact) mass is 448 g/mol. The van der Waals surface area contributed by atoms with Crippen LogP contribution in [0.4, 0.5) is 0 Å². The summed E-state index contributed by atoms with van der Waals surface area (Å²) in [5, 5.41) is 15.6. The van der Waals surface area contributed by atoms with Crippen molar-refractivity contribution < 1.29 is 14.3 Å². The van der Waals surface area contributed by atoms with E-state index in [2.05, 4.69) is 17.0 Å². The fourth-order valence-corrected chi connectivity index (χ4v) is 4.15. The third kappa shape index (κ3) is 5.08. The predicted octanol–water partition coefficient (Wildman–Crippen LogP) is 4.87. The van der Waals surface area contributed by atoms with Crippen LogP contribution in [-0.4, -0.2) is 40.2 Å². The quantitative estimate of drug-likeness (QED) is 0.460. The Kier molecular flexibility index (Phi) is 6.70. The van der Waals surface area contributed by atoms with E-state index in [1.807, 2.05) is 55.5 Å². The molecule has 1 N–H and O–H groups in total. The van der Waals surface area contributed by atoms with Gasteiger partial charge in [0.2, 0.25) is 5.17 Å². The molecule has 0 spiro atoms. The standard InChI is InChI=1S/C24H24N4O3S/c1-3-5-21-27-28-22(25)20(23(29)26-24(28)32-21)15-17-6-4-7-19(14-17)31-13-12-30-18-10-8-16(2)9-11-18/h4,6-11,14-15,25H,3,5,12-13H2,1-2H3. The van der Waals surface area contributed by atoms with Crippen LogP contribution in [0.1, 0.15) is 30.9 Å². The fourth-order valence-electron chi connectivity index (χ4n) is 3.16. The number of hydrazone groups is 1. The number of aliphatic imine (C=N–C) groups is 1. The molecule has 0 saturated carbocycles. The lowest BCUT2D eigenvalue weighted by Crippen LogP contribution is -2.35. The van der Waals surface area contributed by atoms with E-state index in [1.54, 1.807) is 6.08 Å². The second-order valence-corrected chi connectivity index (χ2v) is 8.39. The van der Waals surface area contributed by atoms with Gasteiger partial charge < -0.3 is 9.47 Å². The zero-order chi connectivity index (χ0) is 22.5. The summed E-state index contributed by atoms with van der Waals surface area (Å²) in [5.74, 6) is 1.07. The first-order valence-corrected chi connectivity index (χ1v) is 11.3. The largest absolute Gasteiger partial charge is 0.490 e. The van der Waals surface area contributed by atoms with Gasteiger partial charge in [0.05, 0.1) is 5.57 Å². The topological polar surface area (TPSA) is 87.3 Å². The number of thioether (sulfide) groups is 1. The number of hydrogen-bond acceptors (Lipinski definition) is 6. The van der Waals surface area contributed by atoms with E-state index in [4.69, 9.17) is 14.9 Å². The Bertz CT molecular complexity index is 1120. The molecule has 2 aromatic rings. The summed E-state index contributed by atoms with van der Waals surface area (Å²) in [4.78, 5) is 16.6. The van der Waals surface area contributed by atoms with Gasteiger partial charge in [0, 0.05) is 0 Å². The molecule has 7 nitrogen and oxygen atoms in total. The van der Waals surface area contributed by atoms with Crippen LogP contribution in [0.25, 0.3) is 6.08 Å². The van der Waals surface area contributed by atoms with Crippen LogP contribution in [0.15, 0.2) is 64.2 Å². The second-order valence-electron chi connectivity index (χ2n) is 7.35. The summed E-state index contributed by atoms with van der Waals surface area (Å²) < 4.78 is 11.5. The van der Waals surface area contributed by atoms with Crippen molar-refractivity contribution >= 4 is 39.8 Å². The number of carbonyl (C=O) groups is 1. The summed E-state index contributed by atoms with van der Waals surface area (Å²) in [6.45, 7) is 4.90. The van der Waals surface area contributed by atoms with Crippen LogP contribution in [0, 0.1) is 12.3 Å². The van der Waals surface area contributed by atoms with Crippen LogP contribution < -0.4 is 9.47 Å². The summed E-state index contributed by atoms with van der Waals surface area (Å²) in [5.41, 5.74) is 2.14. The number of ether oxygens (including phenoxy) is 2. The van der Waals surface area contributed by atoms with Gasteiger partial charge in [-0.3, -0.25) is 10.2 Å². The minimum absolute atomic E-state index is 0.0384. The number of carbonyl (C=O) groups excluding carboxylic acids is 1. The summed E-state index contributed by atoms with van der Waals surface area (Å²) in [7, 11) is 0. The van der Waals surface area contributed by atoms with Crippen molar-refractivity contribution in [3.05, 3.63) is 65.2 Å². The lowest BCUT2D eigenvalue weighted by atomic mass is 10.1. The van der Waals surface area contributed by atoms with E-state index < -0.39 is 5.91 Å². The van der Waals surface area contributed by atoms with Gasteiger partial charge in [-0.05, 0) is 67.4 Å². The number of nitrogens with one attached hydrogen (secondary N) is 1. The first-order valence-electron chi connectivity index (χ1n) is 10.4. The van der Waals surface area contributed by atoms with Crippen molar-refractivity contribution in [2.24, 2.45) is 10.1 Å². The van der Waals surface area contributed by atoms with Gasteiger partial charge in [0.1, 0.15) is 29.8 Å². The molecule has 8 heteroatoms. The molecule has 1 amide bonds. The highest BCUT2D eigenvalue weighted by molar-refractivity contribution is 8.26. The van der Waals surface area contributed by atoms with E-state index in [-0.39, 0.29) is 11.4 Å². The van der Waals surface area contributed by atoms with Crippen molar-refractivity contribution in [3.63, 3.8) is 0 Å². The number of nitrogens with zero attached hydrogens (tertiary/aromatic N) is 3. The normalized spacial score (nSPS) is 16.7. The molecule has 2 heterocycles. The van der Waals surface area contributed by atoms with Crippen molar-refractivity contribution in [2.75, 3.05) is 13.2 Å². The maximum absolute atomic E-state index is 12.5. The van der Waals surface area contributed by atoms with Crippen molar-refractivity contribution in [2.45, 2.75) is 26.7 Å². The summed E-state index contributed by atoms with van der Waals surface area (Å²) in [6.07, 6.45) is 3.39. The molecule has 0 unspecified atom stereocenters. The molecule has 2 aliphatic rings. The summed E-state index contributed by atoms with van der Waals surface area (Å²) in [6, 6.07) is 15.2. The van der Waals surface area contributed by atoms with Crippen molar-refractivity contribution in [3.8, 4) is 11.5 Å². The van der Waals surface area contributed by atoms with Gasteiger partial charge in [-0.25, -0.2) is 0 Å². The zero-order valence-corrected chi connectivity index (χ0v) is 18.8. The maximum atomic E-state index is 12.5. The SMILES string of the molecule is CCCC1=NN2C(=N)C(=Cc3cccc(OCCOc4ccc(C)cc4)c3)C(=O)N=C2S1. The third-order valence-electron chi connectivity index (χ3n) is 4.77. The molecule has 0 aromatic heterocycles. The molecule has 0 bridgehead atoms. The molecule has 164 valence electrons. The van der Waals surface area contributed by atoms with Gasteiger partial charge >= 0.3 is 0 Å². The fraction of sp³-hybridized carbons (Fsp3) is 0.250. The molecule has 0 fully saturated rings. The van der Waals surface area contributed by atoms with Crippen LogP contribution in [0.3, 0.4) is 0 Å². The smallest absolute Gasteiger partial charge is 0.283 e. The average Bonchev–Trinajstić information content (AvgIpc) is 3.18. The van der Waals surface area contributed by atoms with Crippen LogP contribution in [0.2, 0.25) is 0 Å². The Hall–Kier alpha value is -3.39. The number of rotatable bonds is 8. The van der Waals surface area contributed by atoms with Gasteiger partial charge in [-0.1, -0.05) is 36.8 Å². The molecule has 0 atom stereocenters. The Labute approximate surface area is 191 Å². The van der Waals surface area contributed by atoms with Crippen molar-refractivity contribution in [1.82, 2.24) is 5.01 Å². The van der Waals surface area contributed by atoms with Crippen LogP contribution in [0.5, 0.6) is 11.5 Å². The van der Waals surface area contributed by atoms with Gasteiger partial charge in [-0.2, -0.15) is 15.1 Å². The van der Waals surface area contributed by atoms with Gasteiger partial charge in [-0.15, -0.1) is 0 Å². The highest BCUT2D eigenvalue weighted by Gasteiger charge is 2.35. The first-order chi connectivity index (χ1) is 15.5. The molecule has 0 saturated heterocycles. The van der Waals surface area contributed by atoms with E-state index in [1.165, 1.54) is 22.3 Å². The number of aryl methyl sites for hydroxylation is 1. The van der Waals surface area contributed by atoms with Crippen LogP contribution >= 0.6 is 11.8 Å². The first kappa shape index (κ1) is 21.8. The molecular weight excluding hydrogens is 424 g/mol. The average molecular weight is 449 g/mol. The number of amidine groups is 2. The minimum atomic E-state index is -0.431. The van der Waals surface area contributed by atoms with Gasteiger partial charge in [0.15, 0.2) is 5.84 Å². The third-order valence-corrected chi connectivity index (χ3v) is 5.74. The zero-order valence-electron chi connectivity index (χ0n) is 18.0. The van der Waals surface area contributed by atoms with Crippen molar-refractivity contribution in [1.29, 1.82) is 5.41 Å². The lowest BCUT2D eigenvalue weighted by molar-refractivity contribution is -0.114. The lowest BCUT2D eigenvalue weighted by Gasteiger charge is -2.20. The molecular formula is C24H24N4O3S. The molecule has 0 radical (unpaired) electrons. The van der Waals surface area contributed by atoms with E-state index in [0.717, 1.165) is 29.2 Å². The summed E-state index contributed by atoms with van der Waals surface area (Å²) >= 11 is 1.35. The Morgan fingerprint density at radius 2 is 1.84 bits per heavy atom. The molecule has 4 rings (SSSR count). The Balaban J connectivity index is 1.40. The highest BCUT2D eigenvalue weighted by Crippen LogP contribution is 2.30. The van der Waals surface area contributed by atoms with Gasteiger partial charge in [0.25, 0.3) is 5.91 Å². The minimum Gasteiger partial charge on any atom is -0.490 e. The van der Waals surface area contributed by atoms with E-state index in [9.17, 15) is 4.79 Å². The van der Waals surface area contributed by atoms with Crippen LogP contribution in [-0.2, 0) is 4.79 Å². The number of fused-ring (bicyclic) bond motifs is 1. The molecule has 2 aliphatic heterocycles. The highest BCUT2D eigenvalue weighted by atomic mass is 32.2. The Morgan fingerprint density at radius 3 is 2.59 bits per heavy atom. The maximum Gasteiger partial charge on any atom is 0.283 e.